The third kappa shape index (κ3) is 3.96. The van der Waals surface area contributed by atoms with Crippen molar-refractivity contribution in [3.8, 4) is 0 Å². The van der Waals surface area contributed by atoms with Gasteiger partial charge in [-0.3, -0.25) is 10.1 Å². The maximum Gasteiger partial charge on any atom is 0.451 e. The predicted octanol–water partition coefficient (Wildman–Crippen LogP) is 4.06. The van der Waals surface area contributed by atoms with Crippen molar-refractivity contribution in [2.75, 3.05) is 5.32 Å². The molecular weight excluding hydrogens is 369 g/mol. The lowest BCUT2D eigenvalue weighted by molar-refractivity contribution is -0.145. The Morgan fingerprint density at radius 2 is 2.00 bits per heavy atom. The van der Waals surface area contributed by atoms with Crippen LogP contribution in [0.4, 0.5) is 19.1 Å². The molecule has 3 rings (SSSR count). The Balaban J connectivity index is 1.88. The van der Waals surface area contributed by atoms with Crippen molar-refractivity contribution in [2.24, 2.45) is 0 Å². The number of aryl methyl sites for hydroxylation is 1. The van der Waals surface area contributed by atoms with Gasteiger partial charge in [-0.05, 0) is 19.9 Å². The molecule has 1 aromatic carbocycles. The highest BCUT2D eigenvalue weighted by Crippen LogP contribution is 2.33. The van der Waals surface area contributed by atoms with Crippen molar-refractivity contribution in [3.63, 3.8) is 0 Å². The Morgan fingerprint density at radius 3 is 2.65 bits per heavy atom. The number of anilines is 1. The Kier molecular flexibility index (Phi) is 4.86. The first-order valence-corrected chi connectivity index (χ1v) is 8.37. The highest BCUT2D eigenvalue weighted by Gasteiger charge is 2.36. The predicted molar refractivity (Wildman–Crippen MR) is 89.7 cm³/mol. The molecule has 2 heterocycles. The Morgan fingerprint density at radius 1 is 1.27 bits per heavy atom. The van der Waals surface area contributed by atoms with E-state index in [0.717, 1.165) is 11.8 Å². The van der Waals surface area contributed by atoms with Crippen LogP contribution in [0.15, 0.2) is 39.9 Å². The smallest absolute Gasteiger partial charge is 0.338 e. The van der Waals surface area contributed by atoms with Gasteiger partial charge in [-0.25, -0.2) is 9.97 Å². The maximum absolute atomic E-state index is 13.0. The van der Waals surface area contributed by atoms with E-state index in [1.54, 1.807) is 32.0 Å². The standard InChI is InChI=1S/C16H13F3N4O2S/c1-8-7-12(25-23-8)21-13(24)9(2)26-14-10-5-3-4-6-11(10)20-15(22-14)16(17,18)19/h3-7,9H,1-2H3,(H,21,24)/t9-/m1/s1. The summed E-state index contributed by atoms with van der Waals surface area (Å²) in [7, 11) is 0. The monoisotopic (exact) mass is 382 g/mol. The van der Waals surface area contributed by atoms with E-state index in [9.17, 15) is 18.0 Å². The average molecular weight is 382 g/mol. The molecule has 0 saturated carbocycles. The van der Waals surface area contributed by atoms with Crippen LogP contribution in [0.3, 0.4) is 0 Å². The van der Waals surface area contributed by atoms with Gasteiger partial charge < -0.3 is 4.52 Å². The number of nitrogens with one attached hydrogen (secondary N) is 1. The first kappa shape index (κ1) is 18.2. The largest absolute Gasteiger partial charge is 0.451 e. The number of carbonyl (C=O) groups is 1. The zero-order chi connectivity index (χ0) is 18.9. The number of nitrogens with zero attached hydrogens (tertiary/aromatic N) is 3. The Labute approximate surface area is 150 Å². The summed E-state index contributed by atoms with van der Waals surface area (Å²) in [4.78, 5) is 19.4. The summed E-state index contributed by atoms with van der Waals surface area (Å²) >= 11 is 0.912. The fraction of sp³-hybridized carbons (Fsp3) is 0.250. The Bertz CT molecular complexity index is 958. The number of para-hydroxylation sites is 1. The average Bonchev–Trinajstić information content (AvgIpc) is 2.98. The van der Waals surface area contributed by atoms with Gasteiger partial charge in [0.25, 0.3) is 0 Å². The van der Waals surface area contributed by atoms with Gasteiger partial charge in [0.1, 0.15) is 5.03 Å². The number of rotatable bonds is 4. The molecule has 2 aromatic heterocycles. The van der Waals surface area contributed by atoms with Gasteiger partial charge in [0, 0.05) is 11.5 Å². The van der Waals surface area contributed by atoms with Crippen molar-refractivity contribution >= 4 is 34.5 Å². The zero-order valence-corrected chi connectivity index (χ0v) is 14.5. The van der Waals surface area contributed by atoms with Crippen molar-refractivity contribution in [2.45, 2.75) is 30.3 Å². The minimum Gasteiger partial charge on any atom is -0.338 e. The van der Waals surface area contributed by atoms with Crippen LogP contribution in [0.2, 0.25) is 0 Å². The van der Waals surface area contributed by atoms with Crippen molar-refractivity contribution in [1.82, 2.24) is 15.1 Å². The molecule has 0 radical (unpaired) electrons. The molecule has 26 heavy (non-hydrogen) atoms. The molecule has 0 spiro atoms. The highest BCUT2D eigenvalue weighted by molar-refractivity contribution is 8.00. The number of fused-ring (bicyclic) bond motifs is 1. The summed E-state index contributed by atoms with van der Waals surface area (Å²) in [6.07, 6.45) is -4.68. The molecule has 3 aromatic rings. The second-order valence-electron chi connectivity index (χ2n) is 5.45. The lowest BCUT2D eigenvalue weighted by atomic mass is 10.2. The number of aromatic nitrogens is 3. The van der Waals surface area contributed by atoms with E-state index in [2.05, 4.69) is 20.4 Å². The minimum atomic E-state index is -4.68. The summed E-state index contributed by atoms with van der Waals surface area (Å²) in [5, 5.41) is 5.98. The molecule has 0 aliphatic rings. The molecule has 0 fully saturated rings. The van der Waals surface area contributed by atoms with E-state index in [4.69, 9.17) is 4.52 Å². The molecule has 0 aliphatic carbocycles. The molecule has 1 atom stereocenters. The van der Waals surface area contributed by atoms with Crippen LogP contribution < -0.4 is 5.32 Å². The van der Waals surface area contributed by atoms with Crippen molar-refractivity contribution < 1.29 is 22.5 Å². The molecule has 0 unspecified atom stereocenters. The second kappa shape index (κ2) is 6.94. The SMILES string of the molecule is Cc1cc(NC(=O)[C@@H](C)Sc2nc(C(F)(F)F)nc3ccccc23)on1. The van der Waals surface area contributed by atoms with Gasteiger partial charge in [0.2, 0.25) is 17.6 Å². The van der Waals surface area contributed by atoms with Gasteiger partial charge in [-0.1, -0.05) is 35.1 Å². The fourth-order valence-corrected chi connectivity index (χ4v) is 3.07. The normalized spacial score (nSPS) is 13.0. The molecule has 1 amide bonds. The van der Waals surface area contributed by atoms with Gasteiger partial charge in [0.15, 0.2) is 0 Å². The number of hydrogen-bond acceptors (Lipinski definition) is 6. The molecule has 0 aliphatic heterocycles. The van der Waals surface area contributed by atoms with E-state index in [-0.39, 0.29) is 16.4 Å². The number of benzene rings is 1. The second-order valence-corrected chi connectivity index (χ2v) is 6.78. The Hall–Kier alpha value is -2.62. The van der Waals surface area contributed by atoms with Crippen LogP contribution in [0, 0.1) is 6.92 Å². The van der Waals surface area contributed by atoms with Crippen LogP contribution in [-0.2, 0) is 11.0 Å². The first-order chi connectivity index (χ1) is 12.2. The maximum atomic E-state index is 13.0. The van der Waals surface area contributed by atoms with E-state index < -0.39 is 23.2 Å². The number of alkyl halides is 3. The minimum absolute atomic E-state index is 0.0827. The number of halogens is 3. The summed E-state index contributed by atoms with van der Waals surface area (Å²) in [5.41, 5.74) is 0.757. The fourth-order valence-electron chi connectivity index (χ4n) is 2.13. The summed E-state index contributed by atoms with van der Waals surface area (Å²) in [6.45, 7) is 3.26. The van der Waals surface area contributed by atoms with Crippen LogP contribution in [0.25, 0.3) is 10.9 Å². The topological polar surface area (TPSA) is 80.9 Å². The number of thioether (sulfide) groups is 1. The van der Waals surface area contributed by atoms with Crippen LogP contribution in [0.1, 0.15) is 18.4 Å². The lowest BCUT2D eigenvalue weighted by Gasteiger charge is -2.13. The van der Waals surface area contributed by atoms with E-state index in [0.29, 0.717) is 11.1 Å². The van der Waals surface area contributed by atoms with Gasteiger partial charge in [-0.15, -0.1) is 0 Å². The molecule has 1 N–H and O–H groups in total. The lowest BCUT2D eigenvalue weighted by Crippen LogP contribution is -2.22. The van der Waals surface area contributed by atoms with Crippen LogP contribution in [-0.4, -0.2) is 26.3 Å². The van der Waals surface area contributed by atoms with E-state index in [1.807, 2.05) is 0 Å². The third-order valence-corrected chi connectivity index (χ3v) is 4.46. The van der Waals surface area contributed by atoms with Gasteiger partial charge >= 0.3 is 6.18 Å². The van der Waals surface area contributed by atoms with Gasteiger partial charge in [0.05, 0.1) is 16.5 Å². The number of hydrogen-bond donors (Lipinski definition) is 1. The number of carbonyl (C=O) groups excluding carboxylic acids is 1. The summed E-state index contributed by atoms with van der Waals surface area (Å²) < 4.78 is 44.0. The van der Waals surface area contributed by atoms with E-state index >= 15 is 0 Å². The van der Waals surface area contributed by atoms with E-state index in [1.165, 1.54) is 12.1 Å². The van der Waals surface area contributed by atoms with Crippen molar-refractivity contribution in [3.05, 3.63) is 41.9 Å². The zero-order valence-electron chi connectivity index (χ0n) is 13.7. The van der Waals surface area contributed by atoms with Gasteiger partial charge in [-0.2, -0.15) is 13.2 Å². The molecule has 6 nitrogen and oxygen atoms in total. The molecule has 10 heteroatoms. The van der Waals surface area contributed by atoms with Crippen LogP contribution >= 0.6 is 11.8 Å². The summed E-state index contributed by atoms with van der Waals surface area (Å²) in [5.74, 6) is -1.51. The summed E-state index contributed by atoms with van der Waals surface area (Å²) in [6, 6.07) is 7.88. The quantitative estimate of drug-likeness (QED) is 0.541. The third-order valence-electron chi connectivity index (χ3n) is 3.35. The molecule has 0 saturated heterocycles. The van der Waals surface area contributed by atoms with Crippen molar-refractivity contribution in [1.29, 1.82) is 0 Å². The molecular formula is C16H13F3N4O2S. The first-order valence-electron chi connectivity index (χ1n) is 7.49. The highest BCUT2D eigenvalue weighted by atomic mass is 32.2. The number of amides is 1. The van der Waals surface area contributed by atoms with Crippen LogP contribution in [0.5, 0.6) is 0 Å². The molecule has 136 valence electrons. The molecule has 0 bridgehead atoms.